The van der Waals surface area contributed by atoms with Crippen molar-refractivity contribution in [2.45, 2.75) is 10.9 Å². The molecule has 0 unspecified atom stereocenters. The Bertz CT molecular complexity index is 928. The van der Waals surface area contributed by atoms with E-state index in [1.807, 2.05) is 24.3 Å². The van der Waals surface area contributed by atoms with E-state index in [0.29, 0.717) is 21.5 Å². The van der Waals surface area contributed by atoms with Crippen LogP contribution in [0.1, 0.15) is 11.1 Å². The van der Waals surface area contributed by atoms with E-state index in [2.05, 4.69) is 15.3 Å². The van der Waals surface area contributed by atoms with Gasteiger partial charge in [0.15, 0.2) is 0 Å². The van der Waals surface area contributed by atoms with Crippen LogP contribution in [-0.2, 0) is 5.75 Å². The second kappa shape index (κ2) is 7.91. The van der Waals surface area contributed by atoms with Gasteiger partial charge in [0.25, 0.3) is 5.69 Å². The molecule has 0 aliphatic carbocycles. The highest BCUT2D eigenvalue weighted by atomic mass is 35.5. The molecule has 0 saturated heterocycles. The molecule has 0 spiro atoms. The predicted molar refractivity (Wildman–Crippen MR) is 97.1 cm³/mol. The summed E-state index contributed by atoms with van der Waals surface area (Å²) in [6, 6.07) is 13.8. The van der Waals surface area contributed by atoms with Crippen LogP contribution in [0.15, 0.2) is 65.1 Å². The molecule has 0 saturated carbocycles. The van der Waals surface area contributed by atoms with Crippen LogP contribution in [0.5, 0.6) is 0 Å². The molecule has 7 nitrogen and oxygen atoms in total. The lowest BCUT2D eigenvalue weighted by atomic mass is 10.2. The molecule has 0 N–H and O–H groups in total. The van der Waals surface area contributed by atoms with E-state index in [4.69, 9.17) is 11.6 Å². The predicted octanol–water partition coefficient (Wildman–Crippen LogP) is 4.01. The van der Waals surface area contributed by atoms with Crippen molar-refractivity contribution in [2.24, 2.45) is 5.10 Å². The maximum Gasteiger partial charge on any atom is 0.270 e. The highest BCUT2D eigenvalue weighted by Gasteiger charge is 2.07. The van der Waals surface area contributed by atoms with Gasteiger partial charge in [-0.25, -0.2) is 0 Å². The van der Waals surface area contributed by atoms with Crippen molar-refractivity contribution in [3.63, 3.8) is 0 Å². The van der Waals surface area contributed by atoms with Crippen LogP contribution in [0.3, 0.4) is 0 Å². The van der Waals surface area contributed by atoms with Gasteiger partial charge < -0.3 is 0 Å². The molecule has 0 amide bonds. The topological polar surface area (TPSA) is 86.2 Å². The number of nitro groups is 1. The standard InChI is InChI=1S/C16H12ClN5O2S/c17-15-7-2-1-5-13(15)10-25-16-20-18-11-21(16)19-9-12-4-3-6-14(8-12)22(23)24/h1-9,11H,10H2/b19-9-. The third-order valence-electron chi connectivity index (χ3n) is 3.23. The number of rotatable bonds is 6. The number of nitro benzene ring substituents is 1. The third-order valence-corrected chi connectivity index (χ3v) is 4.58. The van der Waals surface area contributed by atoms with Crippen LogP contribution in [0.4, 0.5) is 5.69 Å². The van der Waals surface area contributed by atoms with Gasteiger partial charge in [-0.2, -0.15) is 9.78 Å². The summed E-state index contributed by atoms with van der Waals surface area (Å²) in [5.74, 6) is 0.630. The number of hydrogen-bond donors (Lipinski definition) is 0. The molecule has 25 heavy (non-hydrogen) atoms. The maximum atomic E-state index is 10.8. The van der Waals surface area contributed by atoms with Crippen LogP contribution in [-0.4, -0.2) is 26.0 Å². The Kier molecular flexibility index (Phi) is 5.42. The molecule has 0 atom stereocenters. The van der Waals surface area contributed by atoms with E-state index in [9.17, 15) is 10.1 Å². The molecule has 3 rings (SSSR count). The Labute approximate surface area is 152 Å². The Hall–Kier alpha value is -2.71. The van der Waals surface area contributed by atoms with Crippen LogP contribution < -0.4 is 0 Å². The molecular weight excluding hydrogens is 362 g/mol. The molecule has 2 aromatic carbocycles. The van der Waals surface area contributed by atoms with Crippen LogP contribution in [0.25, 0.3) is 0 Å². The SMILES string of the molecule is O=[N+]([O-])c1cccc(/C=N\n2cnnc2SCc2ccccc2Cl)c1. The molecule has 0 radical (unpaired) electrons. The summed E-state index contributed by atoms with van der Waals surface area (Å²) < 4.78 is 1.51. The van der Waals surface area contributed by atoms with Crippen LogP contribution in [0.2, 0.25) is 5.02 Å². The van der Waals surface area contributed by atoms with E-state index in [0.717, 1.165) is 5.56 Å². The Morgan fingerprint density at radius 3 is 2.92 bits per heavy atom. The highest BCUT2D eigenvalue weighted by molar-refractivity contribution is 7.98. The molecule has 0 bridgehead atoms. The number of hydrogen-bond acceptors (Lipinski definition) is 6. The summed E-state index contributed by atoms with van der Waals surface area (Å²) in [5.41, 5.74) is 1.62. The zero-order valence-corrected chi connectivity index (χ0v) is 14.4. The number of benzene rings is 2. The second-order valence-electron chi connectivity index (χ2n) is 4.93. The number of aromatic nitrogens is 3. The summed E-state index contributed by atoms with van der Waals surface area (Å²) in [4.78, 5) is 10.4. The van der Waals surface area contributed by atoms with Crippen molar-refractivity contribution in [1.82, 2.24) is 14.9 Å². The van der Waals surface area contributed by atoms with Gasteiger partial charge in [0.1, 0.15) is 6.33 Å². The van der Waals surface area contributed by atoms with Gasteiger partial charge in [-0.3, -0.25) is 10.1 Å². The first-order valence-corrected chi connectivity index (χ1v) is 8.55. The molecule has 0 aliphatic rings. The van der Waals surface area contributed by atoms with Gasteiger partial charge in [0.2, 0.25) is 5.16 Å². The smallest absolute Gasteiger partial charge is 0.258 e. The molecule has 3 aromatic rings. The monoisotopic (exact) mass is 373 g/mol. The average Bonchev–Trinajstić information content (AvgIpc) is 3.07. The third kappa shape index (κ3) is 4.43. The van der Waals surface area contributed by atoms with Gasteiger partial charge in [0.05, 0.1) is 11.1 Å². The normalized spacial score (nSPS) is 11.1. The summed E-state index contributed by atoms with van der Waals surface area (Å²) in [6.45, 7) is 0. The fourth-order valence-corrected chi connectivity index (χ4v) is 3.15. The number of thioether (sulfide) groups is 1. The van der Waals surface area contributed by atoms with Gasteiger partial charge in [-0.1, -0.05) is 53.7 Å². The average molecular weight is 374 g/mol. The number of halogens is 1. The summed E-state index contributed by atoms with van der Waals surface area (Å²) in [6.07, 6.45) is 3.00. The first-order chi connectivity index (χ1) is 12.1. The number of non-ortho nitro benzene ring substituents is 1. The van der Waals surface area contributed by atoms with Gasteiger partial charge in [0, 0.05) is 28.5 Å². The Morgan fingerprint density at radius 1 is 1.28 bits per heavy atom. The summed E-state index contributed by atoms with van der Waals surface area (Å²) in [7, 11) is 0. The van der Waals surface area contributed by atoms with Crippen molar-refractivity contribution >= 4 is 35.3 Å². The lowest BCUT2D eigenvalue weighted by molar-refractivity contribution is -0.384. The molecule has 1 aromatic heterocycles. The minimum atomic E-state index is -0.443. The molecule has 0 fully saturated rings. The first kappa shape index (κ1) is 17.1. The number of nitrogens with zero attached hydrogens (tertiary/aromatic N) is 5. The fourth-order valence-electron chi connectivity index (χ4n) is 2.00. The van der Waals surface area contributed by atoms with Crippen molar-refractivity contribution < 1.29 is 4.92 Å². The van der Waals surface area contributed by atoms with E-state index < -0.39 is 4.92 Å². The van der Waals surface area contributed by atoms with Crippen molar-refractivity contribution in [3.05, 3.63) is 81.1 Å². The molecule has 1 heterocycles. The summed E-state index contributed by atoms with van der Waals surface area (Å²) in [5, 5.41) is 24.2. The summed E-state index contributed by atoms with van der Waals surface area (Å²) >= 11 is 7.59. The van der Waals surface area contributed by atoms with E-state index in [1.54, 1.807) is 12.1 Å². The Morgan fingerprint density at radius 2 is 2.12 bits per heavy atom. The van der Waals surface area contributed by atoms with Crippen LogP contribution in [0, 0.1) is 10.1 Å². The molecule has 0 aliphatic heterocycles. The highest BCUT2D eigenvalue weighted by Crippen LogP contribution is 2.25. The maximum absolute atomic E-state index is 10.8. The van der Waals surface area contributed by atoms with Crippen molar-refractivity contribution in [2.75, 3.05) is 0 Å². The lowest BCUT2D eigenvalue weighted by Gasteiger charge is -2.03. The first-order valence-electron chi connectivity index (χ1n) is 7.18. The van der Waals surface area contributed by atoms with Gasteiger partial charge >= 0.3 is 0 Å². The molecular formula is C16H12ClN5O2S. The van der Waals surface area contributed by atoms with Gasteiger partial charge in [-0.15, -0.1) is 10.2 Å². The largest absolute Gasteiger partial charge is 0.270 e. The fraction of sp³-hybridized carbons (Fsp3) is 0.0625. The van der Waals surface area contributed by atoms with Crippen molar-refractivity contribution in [3.8, 4) is 0 Å². The lowest BCUT2D eigenvalue weighted by Crippen LogP contribution is -1.94. The zero-order valence-electron chi connectivity index (χ0n) is 12.8. The molecule has 9 heteroatoms. The van der Waals surface area contributed by atoms with E-state index in [-0.39, 0.29) is 5.69 Å². The van der Waals surface area contributed by atoms with Gasteiger partial charge in [-0.05, 0) is 11.6 Å². The quantitative estimate of drug-likeness (QED) is 0.282. The Balaban J connectivity index is 1.72. The van der Waals surface area contributed by atoms with Crippen LogP contribution >= 0.6 is 23.4 Å². The second-order valence-corrected chi connectivity index (χ2v) is 6.28. The zero-order chi connectivity index (χ0) is 17.6. The van der Waals surface area contributed by atoms with E-state index >= 15 is 0 Å². The minimum Gasteiger partial charge on any atom is -0.258 e. The molecule has 126 valence electrons. The van der Waals surface area contributed by atoms with Crippen molar-refractivity contribution in [1.29, 1.82) is 0 Å². The minimum absolute atomic E-state index is 0.0148. The van der Waals surface area contributed by atoms with E-state index in [1.165, 1.54) is 41.1 Å².